The van der Waals surface area contributed by atoms with Gasteiger partial charge in [0.1, 0.15) is 5.69 Å². The number of fused-ring (bicyclic) bond motifs is 2. The van der Waals surface area contributed by atoms with E-state index in [1.54, 1.807) is 18.6 Å². The lowest BCUT2D eigenvalue weighted by molar-refractivity contribution is -0.146. The van der Waals surface area contributed by atoms with Crippen LogP contribution in [-0.2, 0) is 15.5 Å². The van der Waals surface area contributed by atoms with Gasteiger partial charge in [-0.15, -0.1) is 0 Å². The number of nitrogens with one attached hydrogen (secondary N) is 1. The predicted molar refractivity (Wildman–Crippen MR) is 111 cm³/mol. The van der Waals surface area contributed by atoms with Crippen LogP contribution in [0, 0.1) is 5.92 Å². The van der Waals surface area contributed by atoms with Crippen LogP contribution < -0.4 is 5.43 Å². The monoisotopic (exact) mass is 423 g/mol. The fourth-order valence-corrected chi connectivity index (χ4v) is 5.07. The van der Waals surface area contributed by atoms with Gasteiger partial charge in [-0.1, -0.05) is 18.5 Å². The molecule has 1 N–H and O–H groups in total. The van der Waals surface area contributed by atoms with E-state index in [1.807, 2.05) is 18.2 Å². The van der Waals surface area contributed by atoms with E-state index in [4.69, 9.17) is 16.3 Å². The average molecular weight is 424 g/mol. The Labute approximate surface area is 172 Å². The Kier molecular flexibility index (Phi) is 5.73. The van der Waals surface area contributed by atoms with Gasteiger partial charge in [-0.25, -0.2) is 5.01 Å². The van der Waals surface area contributed by atoms with Crippen molar-refractivity contribution >= 4 is 28.1 Å². The first-order chi connectivity index (χ1) is 13.5. The average Bonchev–Trinajstić information content (AvgIpc) is 3.18. The Morgan fingerprint density at radius 1 is 1.36 bits per heavy atom. The minimum atomic E-state index is -0.821. The third kappa shape index (κ3) is 3.96. The maximum atomic E-state index is 11.3. The second-order valence-corrected chi connectivity index (χ2v) is 9.89. The summed E-state index contributed by atoms with van der Waals surface area (Å²) in [5.41, 5.74) is 5.27. The van der Waals surface area contributed by atoms with Gasteiger partial charge in [0.2, 0.25) is 0 Å². The summed E-state index contributed by atoms with van der Waals surface area (Å²) < 4.78 is 17.2. The second-order valence-electron chi connectivity index (χ2n) is 7.92. The second kappa shape index (κ2) is 8.10. The fourth-order valence-electron chi connectivity index (χ4n) is 4.52. The Balaban J connectivity index is 1.48. The Hall–Kier alpha value is -1.48. The molecule has 7 nitrogen and oxygen atoms in total. The summed E-state index contributed by atoms with van der Waals surface area (Å²) in [4.78, 5) is 1.52. The van der Waals surface area contributed by atoms with Gasteiger partial charge in [0.25, 0.3) is 0 Å². The van der Waals surface area contributed by atoms with E-state index in [1.165, 1.54) is 11.2 Å². The topological polar surface area (TPSA) is 72.3 Å². The lowest BCUT2D eigenvalue weighted by Gasteiger charge is -2.63. The molecule has 28 heavy (non-hydrogen) atoms. The van der Waals surface area contributed by atoms with Crippen LogP contribution in [-0.4, -0.2) is 61.0 Å². The van der Waals surface area contributed by atoms with Gasteiger partial charge in [-0.05, 0) is 43.4 Å². The van der Waals surface area contributed by atoms with Crippen LogP contribution in [0.1, 0.15) is 26.2 Å². The van der Waals surface area contributed by atoms with Gasteiger partial charge in [-0.2, -0.15) is 15.0 Å². The minimum Gasteiger partial charge on any atom is -0.378 e. The molecule has 1 saturated carbocycles. The zero-order valence-electron chi connectivity index (χ0n) is 16.2. The van der Waals surface area contributed by atoms with Crippen LogP contribution in [0.25, 0.3) is 5.69 Å². The molecular formula is C19H26ClN5O2S. The lowest BCUT2D eigenvalue weighted by Crippen LogP contribution is -2.73. The third-order valence-electron chi connectivity index (χ3n) is 5.61. The third-order valence-corrected chi connectivity index (χ3v) is 6.67. The van der Waals surface area contributed by atoms with E-state index in [0.717, 1.165) is 24.2 Å². The van der Waals surface area contributed by atoms with E-state index in [9.17, 15) is 4.21 Å². The van der Waals surface area contributed by atoms with E-state index in [0.29, 0.717) is 35.9 Å². The highest BCUT2D eigenvalue weighted by Gasteiger charge is 2.56. The number of ether oxygens (including phenoxy) is 1. The Bertz CT molecular complexity index is 849. The molecule has 1 aliphatic carbocycles. The van der Waals surface area contributed by atoms with Crippen molar-refractivity contribution in [3.8, 4) is 5.69 Å². The summed E-state index contributed by atoms with van der Waals surface area (Å²) >= 11 is 6.34. The molecule has 2 bridgehead atoms. The molecule has 4 atom stereocenters. The van der Waals surface area contributed by atoms with Gasteiger partial charge in [0.15, 0.2) is 0 Å². The number of piperidine rings is 1. The zero-order chi connectivity index (χ0) is 19.7. The maximum Gasteiger partial charge on any atom is 0.106 e. The van der Waals surface area contributed by atoms with Crippen molar-refractivity contribution in [2.24, 2.45) is 5.92 Å². The highest BCUT2D eigenvalue weighted by molar-refractivity contribution is 7.84. The first-order valence-corrected chi connectivity index (χ1v) is 11.7. The molecule has 3 aliphatic rings. The SMILES string of the molecule is CC1CC2CC(COCCS(C)=O)(C1)N2Nc1ccc(Cl)c(-n2nccn2)c1. The Morgan fingerprint density at radius 3 is 2.89 bits per heavy atom. The zero-order valence-corrected chi connectivity index (χ0v) is 17.7. The van der Waals surface area contributed by atoms with Crippen molar-refractivity contribution < 1.29 is 8.95 Å². The van der Waals surface area contributed by atoms with Crippen LogP contribution in [0.3, 0.4) is 0 Å². The van der Waals surface area contributed by atoms with Gasteiger partial charge >= 0.3 is 0 Å². The molecule has 5 rings (SSSR count). The van der Waals surface area contributed by atoms with Crippen molar-refractivity contribution in [2.75, 3.05) is 30.6 Å². The highest BCUT2D eigenvalue weighted by atomic mass is 35.5. The summed E-state index contributed by atoms with van der Waals surface area (Å²) in [5, 5.41) is 11.3. The first-order valence-electron chi connectivity index (χ1n) is 9.57. The molecule has 3 fully saturated rings. The molecule has 9 heteroatoms. The van der Waals surface area contributed by atoms with Crippen LogP contribution in [0.5, 0.6) is 0 Å². The molecule has 1 aromatic carbocycles. The van der Waals surface area contributed by atoms with E-state index in [-0.39, 0.29) is 5.54 Å². The lowest BCUT2D eigenvalue weighted by atomic mass is 9.66. The van der Waals surface area contributed by atoms with E-state index >= 15 is 0 Å². The molecule has 152 valence electrons. The van der Waals surface area contributed by atoms with Gasteiger partial charge in [-0.3, -0.25) is 4.21 Å². The number of benzene rings is 1. The number of aromatic nitrogens is 3. The number of hydrogen-bond donors (Lipinski definition) is 1. The number of halogens is 1. The molecule has 0 spiro atoms. The van der Waals surface area contributed by atoms with E-state index in [2.05, 4.69) is 27.6 Å². The first kappa shape index (κ1) is 19.8. The fraction of sp³-hybridized carbons (Fsp3) is 0.579. The van der Waals surface area contributed by atoms with Gasteiger partial charge in [0.05, 0.1) is 41.9 Å². The molecule has 2 aromatic rings. The van der Waals surface area contributed by atoms with Gasteiger partial charge < -0.3 is 10.2 Å². The van der Waals surface area contributed by atoms with E-state index < -0.39 is 10.8 Å². The highest BCUT2D eigenvalue weighted by Crippen LogP contribution is 2.49. The summed E-state index contributed by atoms with van der Waals surface area (Å²) in [6.45, 7) is 3.50. The molecule has 2 aliphatic heterocycles. The number of nitrogens with zero attached hydrogens (tertiary/aromatic N) is 4. The number of rotatable bonds is 8. The van der Waals surface area contributed by atoms with Crippen molar-refractivity contribution in [1.82, 2.24) is 20.0 Å². The number of hydrogen-bond acceptors (Lipinski definition) is 6. The summed E-state index contributed by atoms with van der Waals surface area (Å²) in [7, 11) is -0.821. The summed E-state index contributed by atoms with van der Waals surface area (Å²) in [6.07, 6.45) is 8.37. The molecule has 3 heterocycles. The molecule has 4 unspecified atom stereocenters. The Morgan fingerprint density at radius 2 is 2.14 bits per heavy atom. The molecule has 0 radical (unpaired) electrons. The molecule has 0 amide bonds. The number of anilines is 1. The van der Waals surface area contributed by atoms with Crippen molar-refractivity contribution in [1.29, 1.82) is 0 Å². The smallest absolute Gasteiger partial charge is 0.106 e. The number of hydrazine groups is 1. The maximum absolute atomic E-state index is 11.3. The van der Waals surface area contributed by atoms with Crippen LogP contribution in [0.4, 0.5) is 5.69 Å². The van der Waals surface area contributed by atoms with Crippen molar-refractivity contribution in [2.45, 2.75) is 37.8 Å². The minimum absolute atomic E-state index is 0.0126. The van der Waals surface area contributed by atoms with Gasteiger partial charge in [0, 0.05) is 28.9 Å². The van der Waals surface area contributed by atoms with Crippen LogP contribution in [0.15, 0.2) is 30.6 Å². The van der Waals surface area contributed by atoms with Crippen molar-refractivity contribution in [3.05, 3.63) is 35.6 Å². The molecule has 2 saturated heterocycles. The predicted octanol–water partition coefficient (Wildman–Crippen LogP) is 2.89. The molecule has 1 aromatic heterocycles. The standard InChI is InChI=1S/C19H26ClN5O2S/c1-14-9-16-12-19(11-14,13-27-7-8-28(2)26)24(16)23-15-3-4-17(20)18(10-15)25-21-5-6-22-25/h3-6,10,14,16,23H,7-9,11-13H2,1-2H3. The summed E-state index contributed by atoms with van der Waals surface area (Å²) in [5.74, 6) is 1.26. The largest absolute Gasteiger partial charge is 0.378 e. The quantitative estimate of drug-likeness (QED) is 0.658. The van der Waals surface area contributed by atoms with Crippen molar-refractivity contribution in [3.63, 3.8) is 0 Å². The summed E-state index contributed by atoms with van der Waals surface area (Å²) in [6, 6.07) is 6.30. The normalized spacial score (nSPS) is 28.0. The van der Waals surface area contributed by atoms with Crippen LogP contribution in [0.2, 0.25) is 5.02 Å². The van der Waals surface area contributed by atoms with Crippen LogP contribution >= 0.6 is 11.6 Å². The molecular weight excluding hydrogens is 398 g/mol.